The average Bonchev–Trinajstić information content (AvgIpc) is 2.58. The van der Waals surface area contributed by atoms with Gasteiger partial charge in [0.1, 0.15) is 5.75 Å². The highest BCUT2D eigenvalue weighted by molar-refractivity contribution is 8.93. The van der Waals surface area contributed by atoms with E-state index in [1.54, 1.807) is 21.3 Å². The van der Waals surface area contributed by atoms with E-state index >= 15 is 0 Å². The smallest absolute Gasteiger partial charge is 0.226 e. The normalized spacial score (nSPS) is 15.4. The standard InChI is InChI=1S/C17H27N5O4.BrH/c1-17(2)21-15(18)20-16(19)22(17)26-8-6-7-11-9-13(24-4)14(25-5)10-12(11)23-3;/h9-10H,6-8H2,1-5H3,(H4,18,19,20,21);1H. The van der Waals surface area contributed by atoms with Gasteiger partial charge in [-0.25, -0.2) is 4.99 Å². The lowest BCUT2D eigenvalue weighted by Gasteiger charge is -2.36. The van der Waals surface area contributed by atoms with Crippen LogP contribution in [-0.4, -0.2) is 50.6 Å². The number of rotatable bonds is 8. The van der Waals surface area contributed by atoms with E-state index in [2.05, 4.69) is 9.98 Å². The van der Waals surface area contributed by atoms with Crippen LogP contribution >= 0.6 is 17.0 Å². The Hall–Kier alpha value is -2.20. The summed E-state index contributed by atoms with van der Waals surface area (Å²) in [6, 6.07) is 3.72. The van der Waals surface area contributed by atoms with Gasteiger partial charge in [0.25, 0.3) is 0 Å². The molecule has 2 rings (SSSR count). The molecule has 0 spiro atoms. The minimum atomic E-state index is -0.711. The monoisotopic (exact) mass is 445 g/mol. The van der Waals surface area contributed by atoms with Gasteiger partial charge in [-0.3, -0.25) is 4.84 Å². The second-order valence-electron chi connectivity index (χ2n) is 6.18. The van der Waals surface area contributed by atoms with Crippen LogP contribution in [0.4, 0.5) is 0 Å². The van der Waals surface area contributed by atoms with Crippen LogP contribution in [0.2, 0.25) is 0 Å². The zero-order valence-electron chi connectivity index (χ0n) is 16.3. The topological polar surface area (TPSA) is 117 Å². The lowest BCUT2D eigenvalue weighted by molar-refractivity contribution is -0.157. The van der Waals surface area contributed by atoms with Gasteiger partial charge in [0.15, 0.2) is 17.2 Å². The third kappa shape index (κ3) is 5.39. The molecule has 4 N–H and O–H groups in total. The number of guanidine groups is 2. The quantitative estimate of drug-likeness (QED) is 0.585. The van der Waals surface area contributed by atoms with Crippen molar-refractivity contribution in [3.8, 4) is 17.2 Å². The molecule has 1 aliphatic rings. The maximum Gasteiger partial charge on any atom is 0.226 e. The van der Waals surface area contributed by atoms with Crippen molar-refractivity contribution in [3.63, 3.8) is 0 Å². The molecule has 0 unspecified atom stereocenters. The molecule has 0 atom stereocenters. The molecule has 1 aliphatic heterocycles. The van der Waals surface area contributed by atoms with Crippen molar-refractivity contribution in [2.45, 2.75) is 32.4 Å². The molecule has 9 nitrogen and oxygen atoms in total. The van der Waals surface area contributed by atoms with Crippen molar-refractivity contribution < 1.29 is 19.0 Å². The van der Waals surface area contributed by atoms with E-state index in [9.17, 15) is 0 Å². The molecule has 10 heteroatoms. The summed E-state index contributed by atoms with van der Waals surface area (Å²) in [5.74, 6) is 2.34. The molecule has 27 heavy (non-hydrogen) atoms. The number of hydrogen-bond acceptors (Lipinski definition) is 9. The Morgan fingerprint density at radius 1 is 1.00 bits per heavy atom. The van der Waals surface area contributed by atoms with Crippen LogP contribution in [0.5, 0.6) is 17.2 Å². The number of hydrogen-bond donors (Lipinski definition) is 2. The van der Waals surface area contributed by atoms with E-state index in [0.717, 1.165) is 24.2 Å². The number of ether oxygens (including phenoxy) is 3. The van der Waals surface area contributed by atoms with E-state index in [4.69, 9.17) is 30.5 Å². The van der Waals surface area contributed by atoms with Crippen molar-refractivity contribution in [2.75, 3.05) is 27.9 Å². The number of aliphatic imine (C=N–C) groups is 2. The molecule has 0 amide bonds. The van der Waals surface area contributed by atoms with E-state index < -0.39 is 5.66 Å². The highest BCUT2D eigenvalue weighted by atomic mass is 79.9. The fourth-order valence-corrected chi connectivity index (χ4v) is 2.72. The van der Waals surface area contributed by atoms with E-state index in [1.165, 1.54) is 5.06 Å². The van der Waals surface area contributed by atoms with Gasteiger partial charge in [0, 0.05) is 6.07 Å². The van der Waals surface area contributed by atoms with Gasteiger partial charge in [-0.05, 0) is 38.3 Å². The Balaban J connectivity index is 0.00000364. The van der Waals surface area contributed by atoms with Crippen LogP contribution in [-0.2, 0) is 11.3 Å². The Morgan fingerprint density at radius 3 is 2.15 bits per heavy atom. The first-order chi connectivity index (χ1) is 12.3. The van der Waals surface area contributed by atoms with E-state index in [0.29, 0.717) is 18.1 Å². The lowest BCUT2D eigenvalue weighted by Crippen LogP contribution is -2.53. The van der Waals surface area contributed by atoms with Gasteiger partial charge >= 0.3 is 0 Å². The molecule has 0 bridgehead atoms. The Kier molecular flexibility index (Phi) is 8.17. The molecule has 152 valence electrons. The van der Waals surface area contributed by atoms with Gasteiger partial charge < -0.3 is 25.7 Å². The Labute approximate surface area is 170 Å². The summed E-state index contributed by atoms with van der Waals surface area (Å²) in [4.78, 5) is 13.9. The number of halogens is 1. The first-order valence-corrected chi connectivity index (χ1v) is 8.24. The number of hydroxylamine groups is 2. The first-order valence-electron chi connectivity index (χ1n) is 8.24. The second kappa shape index (κ2) is 9.65. The van der Waals surface area contributed by atoms with Crippen molar-refractivity contribution >= 4 is 28.9 Å². The summed E-state index contributed by atoms with van der Waals surface area (Å²) in [5, 5.41) is 1.47. The van der Waals surface area contributed by atoms with Crippen LogP contribution in [0.15, 0.2) is 22.1 Å². The highest BCUT2D eigenvalue weighted by Crippen LogP contribution is 2.35. The second-order valence-corrected chi connectivity index (χ2v) is 6.18. The Bertz CT molecular complexity index is 709. The van der Waals surface area contributed by atoms with Gasteiger partial charge in [0.05, 0.1) is 27.9 Å². The maximum atomic E-state index is 5.89. The van der Waals surface area contributed by atoms with E-state index in [1.807, 2.05) is 26.0 Å². The summed E-state index contributed by atoms with van der Waals surface area (Å²) < 4.78 is 16.1. The largest absolute Gasteiger partial charge is 0.496 e. The number of benzene rings is 1. The number of nitrogens with two attached hydrogens (primary N) is 2. The molecule has 0 saturated heterocycles. The van der Waals surface area contributed by atoms with Crippen LogP contribution in [0.3, 0.4) is 0 Å². The summed E-state index contributed by atoms with van der Waals surface area (Å²) in [6.07, 6.45) is 1.45. The van der Waals surface area contributed by atoms with Gasteiger partial charge in [-0.1, -0.05) is 0 Å². The third-order valence-electron chi connectivity index (χ3n) is 3.92. The summed E-state index contributed by atoms with van der Waals surface area (Å²) in [7, 11) is 4.81. The van der Waals surface area contributed by atoms with Crippen LogP contribution in [0.1, 0.15) is 25.8 Å². The number of methoxy groups -OCH3 is 3. The molecule has 1 aromatic carbocycles. The summed E-state index contributed by atoms with van der Waals surface area (Å²) >= 11 is 0. The van der Waals surface area contributed by atoms with Crippen molar-refractivity contribution in [2.24, 2.45) is 21.5 Å². The van der Waals surface area contributed by atoms with E-state index in [-0.39, 0.29) is 28.9 Å². The maximum absolute atomic E-state index is 5.89. The van der Waals surface area contributed by atoms with Crippen LogP contribution in [0.25, 0.3) is 0 Å². The lowest BCUT2D eigenvalue weighted by atomic mass is 10.1. The Morgan fingerprint density at radius 2 is 1.59 bits per heavy atom. The zero-order valence-corrected chi connectivity index (χ0v) is 18.0. The van der Waals surface area contributed by atoms with Crippen LogP contribution in [0, 0.1) is 0 Å². The molecular weight excluding hydrogens is 418 g/mol. The molecule has 0 saturated carbocycles. The predicted octanol–water partition coefficient (Wildman–Crippen LogP) is 1.84. The SMILES string of the molecule is Br.COc1cc(OC)c(OC)cc1CCCON1C(N)=NC(N)=NC1(C)C. The highest BCUT2D eigenvalue weighted by Gasteiger charge is 2.32. The molecular formula is C17H28BrN5O4. The summed E-state index contributed by atoms with van der Waals surface area (Å²) in [6.45, 7) is 4.12. The number of aryl methyl sites for hydroxylation is 1. The van der Waals surface area contributed by atoms with Gasteiger partial charge in [0.2, 0.25) is 11.9 Å². The van der Waals surface area contributed by atoms with Crippen molar-refractivity contribution in [3.05, 3.63) is 17.7 Å². The molecule has 0 fully saturated rings. The van der Waals surface area contributed by atoms with Crippen LogP contribution < -0.4 is 25.7 Å². The van der Waals surface area contributed by atoms with Crippen molar-refractivity contribution in [1.82, 2.24) is 5.06 Å². The van der Waals surface area contributed by atoms with Crippen molar-refractivity contribution in [1.29, 1.82) is 0 Å². The molecule has 1 aromatic rings. The minimum Gasteiger partial charge on any atom is -0.496 e. The zero-order chi connectivity index (χ0) is 19.3. The third-order valence-corrected chi connectivity index (χ3v) is 3.92. The minimum absolute atomic E-state index is 0. The molecule has 1 heterocycles. The first kappa shape index (κ1) is 22.8. The van der Waals surface area contributed by atoms with Gasteiger partial charge in [-0.15, -0.1) is 17.0 Å². The fourth-order valence-electron chi connectivity index (χ4n) is 2.72. The molecule has 0 aromatic heterocycles. The van der Waals surface area contributed by atoms with Gasteiger partial charge in [-0.2, -0.15) is 10.1 Å². The number of nitrogens with zero attached hydrogens (tertiary/aromatic N) is 3. The fraction of sp³-hybridized carbons (Fsp3) is 0.529. The average molecular weight is 446 g/mol. The summed E-state index contributed by atoms with van der Waals surface area (Å²) in [5.41, 5.74) is 11.8. The predicted molar refractivity (Wildman–Crippen MR) is 110 cm³/mol. The molecule has 0 aliphatic carbocycles. The molecule has 0 radical (unpaired) electrons.